The largest absolute Gasteiger partial charge is 0.353 e. The van der Waals surface area contributed by atoms with Gasteiger partial charge in [-0.3, -0.25) is 0 Å². The average molecular weight is 156 g/mol. The minimum absolute atomic E-state index is 0.318. The lowest BCUT2D eigenvalue weighted by molar-refractivity contribution is -0.218. The fourth-order valence-electron chi connectivity index (χ4n) is 1.48. The van der Waals surface area contributed by atoms with Gasteiger partial charge in [0.1, 0.15) is 0 Å². The molecule has 0 aromatic rings. The van der Waals surface area contributed by atoms with Gasteiger partial charge in [0.25, 0.3) is 0 Å². The number of hydrogen-bond acceptors (Lipinski definition) is 2. The second kappa shape index (κ2) is 3.37. The smallest absolute Gasteiger partial charge is 0.168 e. The minimum Gasteiger partial charge on any atom is -0.353 e. The molecule has 0 bridgehead atoms. The monoisotopic (exact) mass is 156 g/mol. The molecule has 0 amide bonds. The average Bonchev–Trinajstić information content (AvgIpc) is 2.07. The maximum atomic E-state index is 5.31. The third-order valence-electron chi connectivity index (χ3n) is 2.46. The summed E-state index contributed by atoms with van der Waals surface area (Å²) in [5.74, 6) is -0.318. The van der Waals surface area contributed by atoms with Gasteiger partial charge in [-0.1, -0.05) is 12.2 Å². The van der Waals surface area contributed by atoms with Gasteiger partial charge in [-0.25, -0.2) is 0 Å². The summed E-state index contributed by atoms with van der Waals surface area (Å²) < 4.78 is 10.6. The fraction of sp³-hybridized carbons (Fsp3) is 0.778. The van der Waals surface area contributed by atoms with E-state index in [1.54, 1.807) is 14.2 Å². The number of methoxy groups -OCH3 is 2. The Morgan fingerprint density at radius 3 is 2.00 bits per heavy atom. The van der Waals surface area contributed by atoms with Crippen LogP contribution in [0.15, 0.2) is 12.2 Å². The predicted molar refractivity (Wildman–Crippen MR) is 44.4 cm³/mol. The highest BCUT2D eigenvalue weighted by Gasteiger charge is 2.32. The summed E-state index contributed by atoms with van der Waals surface area (Å²) in [6, 6.07) is 0. The first-order valence-electron chi connectivity index (χ1n) is 3.99. The maximum Gasteiger partial charge on any atom is 0.168 e. The molecule has 0 spiro atoms. The Hall–Kier alpha value is -0.340. The molecule has 64 valence electrons. The van der Waals surface area contributed by atoms with E-state index in [-0.39, 0.29) is 5.79 Å². The van der Waals surface area contributed by atoms with Gasteiger partial charge in [-0.15, -0.1) is 0 Å². The molecule has 0 radical (unpaired) electrons. The molecule has 1 fully saturated rings. The van der Waals surface area contributed by atoms with Crippen molar-refractivity contribution in [3.8, 4) is 0 Å². The standard InChI is InChI=1S/C9H16O2/c1-8-4-6-9(10-2,11-3)7-5-8/h1,4-7H2,2-3H3. The van der Waals surface area contributed by atoms with Crippen LogP contribution in [0.1, 0.15) is 25.7 Å². The molecule has 0 heterocycles. The van der Waals surface area contributed by atoms with Gasteiger partial charge in [-0.2, -0.15) is 0 Å². The number of ether oxygens (including phenoxy) is 2. The zero-order chi connectivity index (χ0) is 8.32. The van der Waals surface area contributed by atoms with Gasteiger partial charge in [0.2, 0.25) is 0 Å². The van der Waals surface area contributed by atoms with Crippen molar-refractivity contribution >= 4 is 0 Å². The van der Waals surface area contributed by atoms with E-state index in [1.165, 1.54) is 5.57 Å². The minimum atomic E-state index is -0.318. The number of rotatable bonds is 2. The lowest BCUT2D eigenvalue weighted by atomic mass is 9.91. The molecule has 0 aromatic heterocycles. The van der Waals surface area contributed by atoms with E-state index in [2.05, 4.69) is 6.58 Å². The lowest BCUT2D eigenvalue weighted by Crippen LogP contribution is -2.36. The summed E-state index contributed by atoms with van der Waals surface area (Å²) in [6.45, 7) is 3.94. The van der Waals surface area contributed by atoms with Crippen LogP contribution in [-0.2, 0) is 9.47 Å². The highest BCUT2D eigenvalue weighted by Crippen LogP contribution is 2.33. The molecular weight excluding hydrogens is 140 g/mol. The Morgan fingerprint density at radius 1 is 1.18 bits per heavy atom. The fourth-order valence-corrected chi connectivity index (χ4v) is 1.48. The molecule has 1 saturated carbocycles. The van der Waals surface area contributed by atoms with Gasteiger partial charge in [-0.05, 0) is 12.8 Å². The van der Waals surface area contributed by atoms with Gasteiger partial charge < -0.3 is 9.47 Å². The topological polar surface area (TPSA) is 18.5 Å². The first-order chi connectivity index (χ1) is 5.22. The second-order valence-electron chi connectivity index (χ2n) is 3.07. The molecule has 0 aliphatic heterocycles. The van der Waals surface area contributed by atoms with Crippen molar-refractivity contribution < 1.29 is 9.47 Å². The molecule has 0 N–H and O–H groups in total. The summed E-state index contributed by atoms with van der Waals surface area (Å²) >= 11 is 0. The molecule has 0 saturated heterocycles. The van der Waals surface area contributed by atoms with E-state index in [1.807, 2.05) is 0 Å². The van der Waals surface area contributed by atoms with Crippen LogP contribution in [0.2, 0.25) is 0 Å². The Bertz CT molecular complexity index is 136. The van der Waals surface area contributed by atoms with Crippen molar-refractivity contribution in [2.45, 2.75) is 31.5 Å². The first kappa shape index (κ1) is 8.75. The summed E-state index contributed by atoms with van der Waals surface area (Å²) in [7, 11) is 3.41. The molecular formula is C9H16O2. The summed E-state index contributed by atoms with van der Waals surface area (Å²) in [5, 5.41) is 0. The van der Waals surface area contributed by atoms with Crippen LogP contribution in [0.25, 0.3) is 0 Å². The second-order valence-corrected chi connectivity index (χ2v) is 3.07. The van der Waals surface area contributed by atoms with Crippen LogP contribution in [-0.4, -0.2) is 20.0 Å². The molecule has 2 nitrogen and oxygen atoms in total. The molecule has 1 rings (SSSR count). The highest BCUT2D eigenvalue weighted by molar-refractivity contribution is 5.00. The Labute approximate surface area is 68.2 Å². The van der Waals surface area contributed by atoms with Crippen molar-refractivity contribution in [1.82, 2.24) is 0 Å². The van der Waals surface area contributed by atoms with Gasteiger partial charge in [0.15, 0.2) is 5.79 Å². The summed E-state index contributed by atoms with van der Waals surface area (Å²) in [6.07, 6.45) is 3.95. The molecule has 0 aromatic carbocycles. The van der Waals surface area contributed by atoms with Crippen LogP contribution in [0, 0.1) is 0 Å². The van der Waals surface area contributed by atoms with Crippen LogP contribution >= 0.6 is 0 Å². The van der Waals surface area contributed by atoms with Crippen LogP contribution < -0.4 is 0 Å². The number of allylic oxidation sites excluding steroid dienone is 1. The first-order valence-corrected chi connectivity index (χ1v) is 3.99. The summed E-state index contributed by atoms with van der Waals surface area (Å²) in [5.41, 5.74) is 1.31. The van der Waals surface area contributed by atoms with Crippen molar-refractivity contribution in [3.63, 3.8) is 0 Å². The summed E-state index contributed by atoms with van der Waals surface area (Å²) in [4.78, 5) is 0. The lowest BCUT2D eigenvalue weighted by Gasteiger charge is -2.35. The van der Waals surface area contributed by atoms with E-state index in [0.717, 1.165) is 25.7 Å². The normalized spacial score (nSPS) is 23.6. The van der Waals surface area contributed by atoms with E-state index >= 15 is 0 Å². The Balaban J connectivity index is 2.52. The van der Waals surface area contributed by atoms with Crippen LogP contribution in [0.4, 0.5) is 0 Å². The molecule has 0 atom stereocenters. The Kier molecular flexibility index (Phi) is 2.68. The predicted octanol–water partition coefficient (Wildman–Crippen LogP) is 2.11. The molecule has 0 unspecified atom stereocenters. The van der Waals surface area contributed by atoms with E-state index in [4.69, 9.17) is 9.47 Å². The molecule has 11 heavy (non-hydrogen) atoms. The Morgan fingerprint density at radius 2 is 1.64 bits per heavy atom. The van der Waals surface area contributed by atoms with Crippen molar-refractivity contribution in [3.05, 3.63) is 12.2 Å². The maximum absolute atomic E-state index is 5.31. The molecule has 1 aliphatic rings. The zero-order valence-corrected chi connectivity index (χ0v) is 7.35. The van der Waals surface area contributed by atoms with E-state index in [9.17, 15) is 0 Å². The molecule has 2 heteroatoms. The SMILES string of the molecule is C=C1CCC(OC)(OC)CC1. The van der Waals surface area contributed by atoms with Gasteiger partial charge in [0.05, 0.1) is 0 Å². The number of hydrogen-bond donors (Lipinski definition) is 0. The van der Waals surface area contributed by atoms with E-state index < -0.39 is 0 Å². The van der Waals surface area contributed by atoms with Gasteiger partial charge >= 0.3 is 0 Å². The van der Waals surface area contributed by atoms with E-state index in [0.29, 0.717) is 0 Å². The van der Waals surface area contributed by atoms with Crippen molar-refractivity contribution in [2.75, 3.05) is 14.2 Å². The third kappa shape index (κ3) is 1.82. The van der Waals surface area contributed by atoms with Crippen molar-refractivity contribution in [2.24, 2.45) is 0 Å². The van der Waals surface area contributed by atoms with Gasteiger partial charge in [0, 0.05) is 27.1 Å². The quantitative estimate of drug-likeness (QED) is 0.450. The van der Waals surface area contributed by atoms with Crippen LogP contribution in [0.5, 0.6) is 0 Å². The highest BCUT2D eigenvalue weighted by atomic mass is 16.7. The zero-order valence-electron chi connectivity index (χ0n) is 7.35. The van der Waals surface area contributed by atoms with Crippen LogP contribution in [0.3, 0.4) is 0 Å². The molecule has 1 aliphatic carbocycles. The van der Waals surface area contributed by atoms with Crippen molar-refractivity contribution in [1.29, 1.82) is 0 Å². The third-order valence-corrected chi connectivity index (χ3v) is 2.46.